The minimum Gasteiger partial charge on any atom is -0.481 e. The number of unbranched alkanes of at least 4 members (excludes halogenated alkanes) is 3. The number of carbonyl (C=O) groups is 10. The number of urea groups is 2. The minimum atomic E-state index is -1.22. The number of aryl methyl sites for hydroxylation is 1. The summed E-state index contributed by atoms with van der Waals surface area (Å²) in [6.45, 7) is 12.3. The largest absolute Gasteiger partial charge is 0.481 e. The van der Waals surface area contributed by atoms with E-state index in [-0.39, 0.29) is 154 Å². The summed E-state index contributed by atoms with van der Waals surface area (Å²) >= 11 is 13.4. The molecule has 822 valence electrons. The van der Waals surface area contributed by atoms with E-state index in [1.165, 1.54) is 9.13 Å². The van der Waals surface area contributed by atoms with Crippen molar-refractivity contribution in [3.63, 3.8) is 0 Å². The van der Waals surface area contributed by atoms with Crippen molar-refractivity contribution >= 4 is 147 Å². The lowest BCUT2D eigenvalue weighted by Gasteiger charge is -2.36. The van der Waals surface area contributed by atoms with Crippen LogP contribution in [0.15, 0.2) is 79.0 Å². The van der Waals surface area contributed by atoms with Crippen LogP contribution >= 0.6 is 47.0 Å². The second kappa shape index (κ2) is 87.9. The van der Waals surface area contributed by atoms with E-state index in [0.717, 1.165) is 55.0 Å². The van der Waals surface area contributed by atoms with Crippen molar-refractivity contribution in [1.82, 2.24) is 77.1 Å². The zero-order valence-electron chi connectivity index (χ0n) is 83.6. The van der Waals surface area contributed by atoms with Gasteiger partial charge in [-0.05, 0) is 186 Å². The fourth-order valence-corrected chi connectivity index (χ4v) is 14.5. The Morgan fingerprint density at radius 2 is 0.871 bits per heavy atom. The molecular weight excluding hydrogens is 2080 g/mol. The zero-order valence-corrected chi connectivity index (χ0v) is 87.4. The van der Waals surface area contributed by atoms with E-state index in [1.807, 2.05) is 54.2 Å². The van der Waals surface area contributed by atoms with Crippen molar-refractivity contribution < 1.29 is 154 Å². The van der Waals surface area contributed by atoms with Crippen molar-refractivity contribution in [2.45, 2.75) is 140 Å². The lowest BCUT2D eigenvalue weighted by molar-refractivity contribution is -0.193. The fraction of sp³-hybridized carbons (Fsp3) is 0.632. The highest BCUT2D eigenvalue weighted by Crippen LogP contribution is 2.22. The van der Waals surface area contributed by atoms with Crippen LogP contribution in [-0.4, -0.2) is 424 Å². The van der Waals surface area contributed by atoms with E-state index in [0.29, 0.717) is 218 Å². The first kappa shape index (κ1) is 132. The van der Waals surface area contributed by atoms with E-state index in [2.05, 4.69) is 120 Å². The third-order valence-corrected chi connectivity index (χ3v) is 22.6. The number of anilines is 2. The molecule has 4 atom stereocenters. The molecule has 0 aliphatic carbocycles. The Labute approximate surface area is 879 Å². The van der Waals surface area contributed by atoms with Crippen LogP contribution in [0.5, 0.6) is 0 Å². The van der Waals surface area contributed by atoms with Gasteiger partial charge in [0.05, 0.1) is 176 Å². The molecule has 49 nitrogen and oxygen atoms in total. The van der Waals surface area contributed by atoms with Crippen molar-refractivity contribution in [1.29, 1.82) is 0 Å². The predicted molar refractivity (Wildman–Crippen MR) is 546 cm³/mol. The number of aromatic nitrogens is 3. The van der Waals surface area contributed by atoms with Crippen molar-refractivity contribution in [2.75, 3.05) is 262 Å². The summed E-state index contributed by atoms with van der Waals surface area (Å²) in [5.74, 6) is -6.30. The molecule has 1 aromatic heterocycles. The smallest absolute Gasteiger partial charge is 0.373 e. The van der Waals surface area contributed by atoms with Gasteiger partial charge in [-0.25, -0.2) is 23.9 Å². The van der Waals surface area contributed by atoms with Crippen LogP contribution in [-0.2, 0) is 139 Å². The third-order valence-electron chi connectivity index (χ3n) is 21.3. The van der Waals surface area contributed by atoms with Gasteiger partial charge in [-0.1, -0.05) is 53.8 Å². The average molecular weight is 2230 g/mol. The number of nitrogens with one attached hydrogen (secondary N) is 10. The molecule has 1 aliphatic heterocycles. The monoisotopic (exact) mass is 2230 g/mol. The normalized spacial score (nSPS) is 13.4. The lowest BCUT2D eigenvalue weighted by atomic mass is 10.0. The minimum absolute atomic E-state index is 0.00865. The van der Waals surface area contributed by atoms with Gasteiger partial charge in [0.15, 0.2) is 5.11 Å². The van der Waals surface area contributed by atoms with E-state index >= 15 is 0 Å². The highest BCUT2D eigenvalue weighted by Gasteiger charge is 2.27. The molecule has 1 unspecified atom stereocenters. The van der Waals surface area contributed by atoms with Gasteiger partial charge in [0.25, 0.3) is 0 Å². The Morgan fingerprint density at radius 1 is 0.429 bits per heavy atom. The molecule has 2 heterocycles. The summed E-state index contributed by atoms with van der Waals surface area (Å²) in [7, 11) is 4.06. The van der Waals surface area contributed by atoms with Gasteiger partial charge in [0.2, 0.25) is 17.7 Å². The van der Waals surface area contributed by atoms with Crippen molar-refractivity contribution in [2.24, 2.45) is 0 Å². The molecule has 15 N–H and O–H groups in total. The summed E-state index contributed by atoms with van der Waals surface area (Å²) in [6.07, 6.45) is 10.0. The molecule has 4 aromatic rings. The van der Waals surface area contributed by atoms with E-state index < -0.39 is 65.9 Å². The molecule has 5 rings (SSSR count). The number of carboxylic acids is 5. The Hall–Kier alpha value is -11.1. The van der Waals surface area contributed by atoms with E-state index in [9.17, 15) is 68.4 Å². The molecule has 0 bridgehead atoms. The number of likely N-dealkylation sites (N-methyl/N-ethyl adjacent to an activating group) is 2. The molecule has 7 amide bonds. The number of hydrogen-bond donors (Lipinski definition) is 15. The van der Waals surface area contributed by atoms with Crippen LogP contribution in [0.2, 0.25) is 0 Å². The first-order valence-corrected chi connectivity index (χ1v) is 50.3. The summed E-state index contributed by atoms with van der Waals surface area (Å²) in [6, 6.07) is 19.2. The topological polar surface area (TPSA) is 640 Å². The van der Waals surface area contributed by atoms with Crippen LogP contribution in [0.3, 0.4) is 0 Å². The van der Waals surface area contributed by atoms with Gasteiger partial charge in [-0.2, -0.15) is 28.8 Å². The van der Waals surface area contributed by atoms with E-state index in [4.69, 9.17) is 110 Å². The number of halogens is 1. The SMILES string of the molecule is CN1CCN(CC(=O)O)CCN(CC(=O)O)CC(Cc2ccc(NC(=S)NCCCC[C@H](NC(=O)CCOCCOCCOCCn3cc(-c4cccc(NC(=O)NCCCC[C@H](NC(=O)NCCCC(=O)O)C(=O)O)c4)nn3)C(=O)NCCOCCOCCOCCOCCOCCOCCOCCOCCC(=O)N[C@@H](CCCCNC(=S)CCCc3ccc(I)cc3)C(=O)O)cc2)N(C)CC1.O=C=O.O=C=O.O=C=O. The maximum absolute atomic E-state index is 13.7. The van der Waals surface area contributed by atoms with Gasteiger partial charge in [-0.15, -0.1) is 5.10 Å². The molecule has 1 fully saturated rings. The predicted octanol–water partition coefficient (Wildman–Crippen LogP) is 2.67. The van der Waals surface area contributed by atoms with Crippen LogP contribution in [0.4, 0.5) is 21.0 Å². The number of ether oxygens (including phenoxy) is 11. The zero-order chi connectivity index (χ0) is 108. The number of aliphatic carboxylic acids is 5. The van der Waals surface area contributed by atoms with Crippen LogP contribution < -0.4 is 53.2 Å². The highest BCUT2D eigenvalue weighted by atomic mass is 127. The lowest BCUT2D eigenvalue weighted by Crippen LogP contribution is -2.50. The quantitative estimate of drug-likeness (QED) is 0.0172. The van der Waals surface area contributed by atoms with Crippen molar-refractivity contribution in [3.05, 3.63) is 93.7 Å². The number of benzene rings is 3. The number of nitrogens with zero attached hydrogens (tertiary/aromatic N) is 7. The Morgan fingerprint density at radius 3 is 1.39 bits per heavy atom. The van der Waals surface area contributed by atoms with Crippen LogP contribution in [0.25, 0.3) is 11.3 Å². The van der Waals surface area contributed by atoms with Gasteiger partial charge in [0, 0.05) is 124 Å². The number of amides is 7. The van der Waals surface area contributed by atoms with Gasteiger partial charge < -0.3 is 141 Å². The molecule has 3 aromatic carbocycles. The van der Waals surface area contributed by atoms with E-state index in [1.54, 1.807) is 29.1 Å². The maximum atomic E-state index is 13.7. The number of carboxylic acid groups (broad SMARTS) is 5. The Bertz CT molecular complexity index is 4430. The van der Waals surface area contributed by atoms with Gasteiger partial charge in [-0.3, -0.25) is 38.6 Å². The fourth-order valence-electron chi connectivity index (χ4n) is 13.7. The molecule has 147 heavy (non-hydrogen) atoms. The molecule has 1 saturated heterocycles. The Balaban J connectivity index is 0.00000780. The first-order chi connectivity index (χ1) is 71.0. The molecule has 0 spiro atoms. The number of thiocarbonyl (C=S) groups is 2. The van der Waals surface area contributed by atoms with Gasteiger partial charge in [0.1, 0.15) is 23.8 Å². The second-order valence-electron chi connectivity index (χ2n) is 32.8. The Kier molecular flexibility index (Phi) is 79.0. The number of rotatable bonds is 77. The first-order valence-electron chi connectivity index (χ1n) is 48.4. The van der Waals surface area contributed by atoms with Gasteiger partial charge >= 0.3 is 60.4 Å². The maximum Gasteiger partial charge on any atom is 0.373 e. The second-order valence-corrected chi connectivity index (χ2v) is 35.0. The van der Waals surface area contributed by atoms with Crippen LogP contribution in [0.1, 0.15) is 107 Å². The summed E-state index contributed by atoms with van der Waals surface area (Å²) < 4.78 is 64.7. The molecule has 52 heteroatoms. The van der Waals surface area contributed by atoms with Crippen LogP contribution in [0, 0.1) is 3.57 Å². The molecule has 0 radical (unpaired) electrons. The summed E-state index contributed by atoms with van der Waals surface area (Å²) in [5.41, 5.74) is 4.85. The summed E-state index contributed by atoms with van der Waals surface area (Å²) in [5, 5.41) is 84.5. The third kappa shape index (κ3) is 73.7. The molecule has 0 saturated carbocycles. The number of hydrogen-bond acceptors (Lipinski definition) is 35. The van der Waals surface area contributed by atoms with Crippen molar-refractivity contribution in [3.8, 4) is 11.3 Å². The highest BCUT2D eigenvalue weighted by molar-refractivity contribution is 14.1. The number of carbonyl (C=O) groups excluding carboxylic acids is 11. The molecular formula is C95H146IN17O32S2. The summed E-state index contributed by atoms with van der Waals surface area (Å²) in [4.78, 5) is 180. The standard InChI is InChI=1S/C92H146IN17O26S2.3CO2/c1-106-35-37-107(2)76(66-109(69-86(117)118)40-39-108(38-36-106)68-85(115)116)64-71-22-26-74(27-23-71)100-92(138)98-32-8-3-15-77(101-81(111)28-42-126-46-50-130-53-49-129-45-41-110-67-80(104-105-110)72-13-10-14-75(65-72)99-90(124)96-31-7-5-17-79(89(122)123)103-91(125)97-33-11-19-84(113)114)87(119)95-34-44-128-48-52-132-55-57-134-59-61-136-63-62-135-60-58-133-56-54-131-51-47-127-43-29-82(112)102-78(88(120)121)16-4-6-30-94-83(137)18-9-12-70-20-24-73(93)25-21-70;3*2-1-3/h10,13-14,20-27,65,67,76-79H,3-9,11-12,15-19,28-64,66,68-69H2,1-2H3,(H,94,137)(H,95,119)(H,101,111)(H,102,112)(H,113,114)(H,115,116)(H,117,118)(H,120,121)(H,122,123)(H2,96,99,124)(H2,97,103,125)(H2,98,100,138);;;/t76?,77-,78-,79-;;;/m0.../s1. The molecule has 1 aliphatic rings. The average Bonchev–Trinajstić information content (AvgIpc) is 1.72.